The summed E-state index contributed by atoms with van der Waals surface area (Å²) >= 11 is 1.34. The number of nitro benzene ring substituents is 1. The van der Waals surface area contributed by atoms with Crippen molar-refractivity contribution in [3.8, 4) is 0 Å². The van der Waals surface area contributed by atoms with E-state index < -0.39 is 28.4 Å². The molecule has 1 aliphatic rings. The predicted octanol–water partition coefficient (Wildman–Crippen LogP) is 3.67. The number of aromatic nitrogens is 1. The number of carbonyl (C=O) groups excluding carboxylic acids is 2. The standard InChI is InChI=1S/C21H15N3O5S/c25-19(13-5-3-7-15(11-13)24(28)29)17-18(16-8-4-10-30-16)23(21(27)20(17)26)12-14-6-1-2-9-22-14/h1-11,18,25H,12H2/b19-17-. The number of pyridine rings is 1. The number of thiophene rings is 1. The van der Waals surface area contributed by atoms with Crippen molar-refractivity contribution in [2.75, 3.05) is 0 Å². The number of rotatable bonds is 5. The lowest BCUT2D eigenvalue weighted by molar-refractivity contribution is -0.384. The summed E-state index contributed by atoms with van der Waals surface area (Å²) in [5.41, 5.74) is 0.367. The van der Waals surface area contributed by atoms with Gasteiger partial charge < -0.3 is 10.0 Å². The van der Waals surface area contributed by atoms with Crippen LogP contribution >= 0.6 is 11.3 Å². The summed E-state index contributed by atoms with van der Waals surface area (Å²) in [7, 11) is 0. The fraction of sp³-hybridized carbons (Fsp3) is 0.0952. The Bertz CT molecular complexity index is 1160. The topological polar surface area (TPSA) is 114 Å². The summed E-state index contributed by atoms with van der Waals surface area (Å²) in [6.07, 6.45) is 1.59. The molecule has 30 heavy (non-hydrogen) atoms. The molecule has 1 aliphatic heterocycles. The summed E-state index contributed by atoms with van der Waals surface area (Å²) in [6, 6.07) is 13.3. The van der Waals surface area contributed by atoms with Gasteiger partial charge in [0.2, 0.25) is 0 Å². The van der Waals surface area contributed by atoms with Gasteiger partial charge in [0.25, 0.3) is 17.4 Å². The SMILES string of the molecule is O=C1C(=O)N(Cc2ccccn2)C(c2cccs2)/C1=C(/O)c1cccc([N+](=O)[O-])c1. The summed E-state index contributed by atoms with van der Waals surface area (Å²) in [4.78, 5) is 42.5. The molecule has 0 saturated carbocycles. The smallest absolute Gasteiger partial charge is 0.296 e. The molecule has 0 spiro atoms. The average Bonchev–Trinajstić information content (AvgIpc) is 3.37. The van der Waals surface area contributed by atoms with Crippen molar-refractivity contribution >= 4 is 34.5 Å². The number of non-ortho nitro benzene ring substituents is 1. The number of nitrogens with zero attached hydrogens (tertiary/aromatic N) is 3. The first-order valence-corrected chi connectivity index (χ1v) is 9.82. The lowest BCUT2D eigenvalue weighted by atomic mass is 9.99. The lowest BCUT2D eigenvalue weighted by Gasteiger charge is -2.23. The average molecular weight is 421 g/mol. The molecule has 0 aliphatic carbocycles. The van der Waals surface area contributed by atoms with Crippen molar-refractivity contribution < 1.29 is 19.6 Å². The number of nitro groups is 1. The molecular formula is C21H15N3O5S. The highest BCUT2D eigenvalue weighted by Crippen LogP contribution is 2.41. The van der Waals surface area contributed by atoms with Crippen LogP contribution in [0.5, 0.6) is 0 Å². The fourth-order valence-corrected chi connectivity index (χ4v) is 4.22. The zero-order valence-electron chi connectivity index (χ0n) is 15.5. The number of hydrogen-bond acceptors (Lipinski definition) is 7. The van der Waals surface area contributed by atoms with Gasteiger partial charge in [-0.25, -0.2) is 0 Å². The van der Waals surface area contributed by atoms with Crippen LogP contribution in [-0.4, -0.2) is 31.6 Å². The van der Waals surface area contributed by atoms with Gasteiger partial charge in [-0.1, -0.05) is 24.3 Å². The first-order chi connectivity index (χ1) is 14.5. The van der Waals surface area contributed by atoms with Gasteiger partial charge in [-0.05, 0) is 23.6 Å². The Morgan fingerprint density at radius 3 is 2.67 bits per heavy atom. The third-order valence-corrected chi connectivity index (χ3v) is 5.67. The maximum Gasteiger partial charge on any atom is 0.296 e. The van der Waals surface area contributed by atoms with Crippen molar-refractivity contribution in [2.24, 2.45) is 0 Å². The van der Waals surface area contributed by atoms with E-state index in [1.807, 2.05) is 5.38 Å². The van der Waals surface area contributed by atoms with Crippen LogP contribution in [0.3, 0.4) is 0 Å². The highest BCUT2D eigenvalue weighted by molar-refractivity contribution is 7.10. The molecule has 0 radical (unpaired) electrons. The van der Waals surface area contributed by atoms with Crippen LogP contribution < -0.4 is 0 Å². The summed E-state index contributed by atoms with van der Waals surface area (Å²) < 4.78 is 0. The van der Waals surface area contributed by atoms with E-state index in [9.17, 15) is 24.8 Å². The summed E-state index contributed by atoms with van der Waals surface area (Å²) in [5, 5.41) is 23.8. The molecule has 1 saturated heterocycles. The molecule has 2 aromatic heterocycles. The van der Waals surface area contributed by atoms with Gasteiger partial charge in [-0.2, -0.15) is 0 Å². The second-order valence-electron chi connectivity index (χ2n) is 6.57. The number of likely N-dealkylation sites (tertiary alicyclic amines) is 1. The van der Waals surface area contributed by atoms with Crippen molar-refractivity contribution in [3.05, 3.63) is 98.0 Å². The van der Waals surface area contributed by atoms with Gasteiger partial charge in [0, 0.05) is 28.8 Å². The van der Waals surface area contributed by atoms with Crippen LogP contribution in [0.25, 0.3) is 5.76 Å². The minimum Gasteiger partial charge on any atom is -0.507 e. The van der Waals surface area contributed by atoms with Crippen LogP contribution in [0.2, 0.25) is 0 Å². The number of ketones is 1. The highest BCUT2D eigenvalue weighted by Gasteiger charge is 2.46. The quantitative estimate of drug-likeness (QED) is 0.221. The molecule has 3 heterocycles. The third-order valence-electron chi connectivity index (χ3n) is 4.74. The van der Waals surface area contributed by atoms with Gasteiger partial charge in [-0.15, -0.1) is 11.3 Å². The number of aliphatic hydroxyl groups is 1. The number of carbonyl (C=O) groups is 2. The summed E-state index contributed by atoms with van der Waals surface area (Å²) in [5.74, 6) is -2.04. The first kappa shape index (κ1) is 19.5. The van der Waals surface area contributed by atoms with E-state index >= 15 is 0 Å². The number of amides is 1. The van der Waals surface area contributed by atoms with Gasteiger partial charge >= 0.3 is 0 Å². The van der Waals surface area contributed by atoms with Gasteiger partial charge in [0.15, 0.2) is 0 Å². The fourth-order valence-electron chi connectivity index (χ4n) is 3.37. The van der Waals surface area contributed by atoms with Crippen LogP contribution in [0.15, 0.2) is 71.7 Å². The molecule has 0 bridgehead atoms. The van der Waals surface area contributed by atoms with Crippen molar-refractivity contribution in [2.45, 2.75) is 12.6 Å². The Labute approximate surface area is 174 Å². The normalized spacial score (nSPS) is 18.0. The van der Waals surface area contributed by atoms with Gasteiger partial charge in [0.1, 0.15) is 11.8 Å². The van der Waals surface area contributed by atoms with E-state index in [-0.39, 0.29) is 23.4 Å². The van der Waals surface area contributed by atoms with E-state index in [2.05, 4.69) is 4.98 Å². The maximum absolute atomic E-state index is 12.9. The van der Waals surface area contributed by atoms with E-state index in [1.165, 1.54) is 40.5 Å². The first-order valence-electron chi connectivity index (χ1n) is 8.94. The number of benzene rings is 1. The molecule has 1 N–H and O–H groups in total. The Kier molecular flexibility index (Phi) is 5.11. The second kappa shape index (κ2) is 7.88. The molecule has 1 amide bonds. The van der Waals surface area contributed by atoms with Crippen molar-refractivity contribution in [3.63, 3.8) is 0 Å². The Hall–Kier alpha value is -3.85. The molecular weight excluding hydrogens is 406 g/mol. The molecule has 8 nitrogen and oxygen atoms in total. The molecule has 1 atom stereocenters. The minimum absolute atomic E-state index is 0.0830. The molecule has 3 aromatic rings. The van der Waals surface area contributed by atoms with Gasteiger partial charge in [-0.3, -0.25) is 24.7 Å². The van der Waals surface area contributed by atoms with E-state index in [1.54, 1.807) is 36.5 Å². The number of Topliss-reactive ketones (excluding diaryl/α,β-unsaturated/α-hetero) is 1. The van der Waals surface area contributed by atoms with Crippen LogP contribution in [0.4, 0.5) is 5.69 Å². The summed E-state index contributed by atoms with van der Waals surface area (Å²) in [6.45, 7) is 0.0830. The van der Waals surface area contributed by atoms with E-state index in [4.69, 9.17) is 0 Å². The molecule has 1 aromatic carbocycles. The van der Waals surface area contributed by atoms with E-state index in [0.29, 0.717) is 10.6 Å². The van der Waals surface area contributed by atoms with Crippen LogP contribution in [0, 0.1) is 10.1 Å². The van der Waals surface area contributed by atoms with Crippen LogP contribution in [-0.2, 0) is 16.1 Å². The highest BCUT2D eigenvalue weighted by atomic mass is 32.1. The Morgan fingerprint density at radius 1 is 1.17 bits per heavy atom. The predicted molar refractivity (Wildman–Crippen MR) is 109 cm³/mol. The van der Waals surface area contributed by atoms with E-state index in [0.717, 1.165) is 0 Å². The molecule has 150 valence electrons. The largest absolute Gasteiger partial charge is 0.507 e. The second-order valence-corrected chi connectivity index (χ2v) is 7.55. The molecule has 9 heteroatoms. The maximum atomic E-state index is 12.9. The zero-order valence-corrected chi connectivity index (χ0v) is 16.3. The zero-order chi connectivity index (χ0) is 21.3. The molecule has 4 rings (SSSR count). The molecule has 1 fully saturated rings. The van der Waals surface area contributed by atoms with Crippen molar-refractivity contribution in [1.29, 1.82) is 0 Å². The van der Waals surface area contributed by atoms with Crippen LogP contribution in [0.1, 0.15) is 22.2 Å². The van der Waals surface area contributed by atoms with Crippen molar-refractivity contribution in [1.82, 2.24) is 9.88 Å². The third kappa shape index (κ3) is 3.46. The monoisotopic (exact) mass is 421 g/mol. The minimum atomic E-state index is -0.840. The Morgan fingerprint density at radius 2 is 2.00 bits per heavy atom. The van der Waals surface area contributed by atoms with Gasteiger partial charge in [0.05, 0.1) is 22.7 Å². The number of aliphatic hydroxyl groups excluding tert-OH is 1. The lowest BCUT2D eigenvalue weighted by Crippen LogP contribution is -2.29. The molecule has 1 unspecified atom stereocenters. The number of hydrogen-bond donors (Lipinski definition) is 1. The Balaban J connectivity index is 1.84.